The number of pyridine rings is 1. The predicted molar refractivity (Wildman–Crippen MR) is 246 cm³/mol. The number of rotatable bonds is 13. The molecule has 6 aromatic rings. The standard InChI is InChI=1S/C51H46N8O7/c1-52-47-38-23-26-58(30-41(38)54-46(56-47)36-28-35-9-3-4-11-40(35)53-29-36)49(62)34-17-13-33(14-18-34)31-66-37-19-15-32(16-20-37)8-6-24-57(2)25-7-27-65-43-12-5-10-39-45(43)51(64)59(50(39)63)42-21-22-44(60)55-48(42)61/h3-5,9-20,28-29,42H,7,21-27,30-31H2,1-2H3,(H,52,54,56)(H,55,60,61). The summed E-state index contributed by atoms with van der Waals surface area (Å²) >= 11 is 0. The lowest BCUT2D eigenvalue weighted by Gasteiger charge is -2.29. The first-order chi connectivity index (χ1) is 32.1. The van der Waals surface area contributed by atoms with Gasteiger partial charge in [-0.3, -0.25) is 44.1 Å². The first-order valence-electron chi connectivity index (χ1n) is 21.8. The number of carbonyl (C=O) groups excluding carboxylic acids is 5. The average Bonchev–Trinajstić information content (AvgIpc) is 3.60. The molecule has 332 valence electrons. The number of fused-ring (bicyclic) bond motifs is 3. The van der Waals surface area contributed by atoms with Crippen molar-refractivity contribution in [3.8, 4) is 34.7 Å². The molecule has 5 heterocycles. The van der Waals surface area contributed by atoms with Gasteiger partial charge in [0.2, 0.25) is 11.8 Å². The molecule has 0 saturated carbocycles. The van der Waals surface area contributed by atoms with E-state index in [1.807, 2.05) is 97.9 Å². The number of para-hydroxylation sites is 1. The van der Waals surface area contributed by atoms with E-state index in [0.29, 0.717) is 69.4 Å². The highest BCUT2D eigenvalue weighted by molar-refractivity contribution is 6.24. The van der Waals surface area contributed by atoms with Gasteiger partial charge in [-0.2, -0.15) is 0 Å². The second kappa shape index (κ2) is 19.0. The molecule has 4 aromatic carbocycles. The van der Waals surface area contributed by atoms with Crippen molar-refractivity contribution in [2.45, 2.75) is 44.9 Å². The summed E-state index contributed by atoms with van der Waals surface area (Å²) in [5.74, 6) is 6.40. The normalized spacial score (nSPS) is 15.5. The van der Waals surface area contributed by atoms with E-state index >= 15 is 0 Å². The molecule has 1 fully saturated rings. The lowest BCUT2D eigenvalue weighted by molar-refractivity contribution is -0.136. The van der Waals surface area contributed by atoms with Gasteiger partial charge in [0.1, 0.15) is 30.0 Å². The summed E-state index contributed by atoms with van der Waals surface area (Å²) in [5.41, 5.74) is 6.26. The van der Waals surface area contributed by atoms with Crippen LogP contribution in [0.5, 0.6) is 11.5 Å². The summed E-state index contributed by atoms with van der Waals surface area (Å²) in [6.07, 6.45) is 3.21. The number of nitrogens with one attached hydrogen (secondary N) is 2. The van der Waals surface area contributed by atoms with Crippen molar-refractivity contribution in [1.82, 2.24) is 35.0 Å². The van der Waals surface area contributed by atoms with Gasteiger partial charge in [0.25, 0.3) is 17.7 Å². The van der Waals surface area contributed by atoms with Crippen LogP contribution in [0, 0.1) is 11.8 Å². The molecule has 1 atom stereocenters. The van der Waals surface area contributed by atoms with Crippen molar-refractivity contribution in [3.63, 3.8) is 0 Å². The molecule has 2 N–H and O–H groups in total. The minimum absolute atomic E-state index is 0.0535. The Balaban J connectivity index is 0.720. The second-order valence-electron chi connectivity index (χ2n) is 16.3. The van der Waals surface area contributed by atoms with Crippen LogP contribution in [0.15, 0.2) is 103 Å². The smallest absolute Gasteiger partial charge is 0.266 e. The topological polar surface area (TPSA) is 176 Å². The summed E-state index contributed by atoms with van der Waals surface area (Å²) in [6.45, 7) is 2.77. The Labute approximate surface area is 381 Å². The molecule has 5 amide bonds. The lowest BCUT2D eigenvalue weighted by atomic mass is 10.0. The maximum Gasteiger partial charge on any atom is 0.266 e. The number of amides is 5. The van der Waals surface area contributed by atoms with Crippen LogP contribution in [0.2, 0.25) is 0 Å². The second-order valence-corrected chi connectivity index (χ2v) is 16.3. The zero-order chi connectivity index (χ0) is 45.7. The van der Waals surface area contributed by atoms with Gasteiger partial charge in [0, 0.05) is 60.4 Å². The van der Waals surface area contributed by atoms with Crippen molar-refractivity contribution in [2.75, 3.05) is 45.7 Å². The van der Waals surface area contributed by atoms with Crippen LogP contribution in [0.3, 0.4) is 0 Å². The highest BCUT2D eigenvalue weighted by atomic mass is 16.5. The third-order valence-corrected chi connectivity index (χ3v) is 11.9. The van der Waals surface area contributed by atoms with E-state index in [4.69, 9.17) is 19.4 Å². The van der Waals surface area contributed by atoms with Crippen LogP contribution in [0.1, 0.15) is 72.7 Å². The Bertz CT molecular complexity index is 2950. The number of hydrogen-bond acceptors (Lipinski definition) is 12. The summed E-state index contributed by atoms with van der Waals surface area (Å²) in [4.78, 5) is 83.3. The highest BCUT2D eigenvalue weighted by Gasteiger charge is 2.46. The summed E-state index contributed by atoms with van der Waals surface area (Å²) in [6, 6.07) is 28.8. The summed E-state index contributed by atoms with van der Waals surface area (Å²) in [5, 5.41) is 6.44. The molecule has 0 spiro atoms. The van der Waals surface area contributed by atoms with Gasteiger partial charge in [0.15, 0.2) is 5.82 Å². The fourth-order valence-corrected chi connectivity index (χ4v) is 8.34. The Kier molecular flexibility index (Phi) is 12.5. The van der Waals surface area contributed by atoms with Crippen molar-refractivity contribution >= 4 is 46.3 Å². The van der Waals surface area contributed by atoms with Gasteiger partial charge in [-0.25, -0.2) is 9.97 Å². The number of carbonyl (C=O) groups is 5. The van der Waals surface area contributed by atoms with Gasteiger partial charge in [-0.15, -0.1) is 0 Å². The molecule has 0 aliphatic carbocycles. The third kappa shape index (κ3) is 9.17. The number of piperidine rings is 1. The molecule has 0 bridgehead atoms. The SMILES string of the molecule is CNc1nc(-c2cnc3ccccc3c2)nc2c1CCN(C(=O)c1ccc(COc3ccc(C#CCN(C)CCCOc4cccc5c4C(=O)N(C4CCC(=O)NC4=O)C5=O)cc3)cc1)C2. The lowest BCUT2D eigenvalue weighted by Crippen LogP contribution is -2.54. The predicted octanol–water partition coefficient (Wildman–Crippen LogP) is 5.66. The van der Waals surface area contributed by atoms with Crippen LogP contribution in [0.4, 0.5) is 5.82 Å². The van der Waals surface area contributed by atoms with Crippen molar-refractivity contribution in [2.24, 2.45) is 0 Å². The number of aromatic nitrogens is 3. The molecule has 3 aliphatic heterocycles. The van der Waals surface area contributed by atoms with Crippen molar-refractivity contribution in [3.05, 3.63) is 142 Å². The fraction of sp³-hybridized carbons (Fsp3) is 0.255. The monoisotopic (exact) mass is 882 g/mol. The van der Waals surface area contributed by atoms with E-state index in [-0.39, 0.29) is 35.6 Å². The van der Waals surface area contributed by atoms with Gasteiger partial charge < -0.3 is 19.7 Å². The number of nitrogens with zero attached hydrogens (tertiary/aromatic N) is 6. The van der Waals surface area contributed by atoms with Gasteiger partial charge in [0.05, 0.1) is 42.0 Å². The molecular weight excluding hydrogens is 837 g/mol. The number of hydrogen-bond donors (Lipinski definition) is 2. The maximum atomic E-state index is 13.7. The van der Waals surface area contributed by atoms with E-state index in [2.05, 4.69) is 32.4 Å². The average molecular weight is 883 g/mol. The van der Waals surface area contributed by atoms with Gasteiger partial charge in [-0.1, -0.05) is 48.2 Å². The minimum atomic E-state index is -1.04. The molecule has 2 aromatic heterocycles. The highest BCUT2D eigenvalue weighted by Crippen LogP contribution is 2.34. The zero-order valence-electron chi connectivity index (χ0n) is 36.5. The third-order valence-electron chi connectivity index (χ3n) is 11.9. The Hall–Kier alpha value is -7.96. The fourth-order valence-electron chi connectivity index (χ4n) is 8.34. The largest absolute Gasteiger partial charge is 0.493 e. The molecule has 66 heavy (non-hydrogen) atoms. The number of anilines is 1. The molecule has 3 aliphatic rings. The first-order valence-corrected chi connectivity index (χ1v) is 21.8. The van der Waals surface area contributed by atoms with E-state index < -0.39 is 29.7 Å². The van der Waals surface area contributed by atoms with Crippen LogP contribution in [0.25, 0.3) is 22.3 Å². The van der Waals surface area contributed by atoms with Gasteiger partial charge >= 0.3 is 0 Å². The number of benzene rings is 4. The molecule has 1 unspecified atom stereocenters. The van der Waals surface area contributed by atoms with Gasteiger partial charge in [-0.05, 0) is 92.5 Å². The number of imide groups is 2. The quantitative estimate of drug-likeness (QED) is 0.0828. The first kappa shape index (κ1) is 43.3. The Morgan fingerprint density at radius 2 is 1.74 bits per heavy atom. The molecular formula is C51H46N8O7. The van der Waals surface area contributed by atoms with E-state index in [0.717, 1.165) is 49.6 Å². The van der Waals surface area contributed by atoms with Crippen LogP contribution < -0.4 is 20.1 Å². The van der Waals surface area contributed by atoms with E-state index in [1.165, 1.54) is 0 Å². The van der Waals surface area contributed by atoms with Crippen LogP contribution in [-0.4, -0.2) is 106 Å². The summed E-state index contributed by atoms with van der Waals surface area (Å²) in [7, 11) is 3.81. The Morgan fingerprint density at radius 3 is 2.55 bits per heavy atom. The minimum Gasteiger partial charge on any atom is -0.493 e. The molecule has 1 saturated heterocycles. The van der Waals surface area contributed by atoms with Crippen molar-refractivity contribution in [1.29, 1.82) is 0 Å². The summed E-state index contributed by atoms with van der Waals surface area (Å²) < 4.78 is 12.0. The van der Waals surface area contributed by atoms with Crippen LogP contribution in [-0.2, 0) is 29.2 Å². The molecule has 0 radical (unpaired) electrons. The zero-order valence-corrected chi connectivity index (χ0v) is 36.5. The van der Waals surface area contributed by atoms with E-state index in [1.54, 1.807) is 24.4 Å². The molecule has 9 rings (SSSR count). The van der Waals surface area contributed by atoms with Crippen LogP contribution >= 0.6 is 0 Å². The Morgan fingerprint density at radius 1 is 0.924 bits per heavy atom. The maximum absolute atomic E-state index is 13.7. The molecule has 15 heteroatoms. The van der Waals surface area contributed by atoms with Crippen molar-refractivity contribution < 1.29 is 33.4 Å². The molecule has 15 nitrogen and oxygen atoms in total. The number of ether oxygens (including phenoxy) is 2. The van der Waals surface area contributed by atoms with E-state index in [9.17, 15) is 24.0 Å².